The summed E-state index contributed by atoms with van der Waals surface area (Å²) in [5.74, 6) is 0.946. The Hall–Kier alpha value is -5.57. The minimum absolute atomic E-state index is 0. The number of fused-ring (bicyclic) bond motifs is 4. The number of pyridine rings is 1. The second-order valence-corrected chi connectivity index (χ2v) is 20.5. The molecule has 8 aromatic rings. The Morgan fingerprint density at radius 3 is 1.92 bits per heavy atom. The van der Waals surface area contributed by atoms with Gasteiger partial charge >= 0.3 is 0 Å². The minimum atomic E-state index is -0.315. The predicted molar refractivity (Wildman–Crippen MR) is 255 cm³/mol. The van der Waals surface area contributed by atoms with E-state index in [9.17, 15) is 5.11 Å². The summed E-state index contributed by atoms with van der Waals surface area (Å²) in [7, 11) is 0. The second kappa shape index (κ2) is 15.3. The van der Waals surface area contributed by atoms with Crippen molar-refractivity contribution in [3.05, 3.63) is 167 Å². The van der Waals surface area contributed by atoms with E-state index in [1.54, 1.807) is 0 Å². The molecule has 6 aromatic carbocycles. The Bertz CT molecular complexity index is 3010. The molecule has 1 aliphatic carbocycles. The van der Waals surface area contributed by atoms with Crippen LogP contribution in [-0.4, -0.2) is 19.6 Å². The molecule has 1 aliphatic rings. The monoisotopic (exact) mass is 993 g/mol. The number of imidazole rings is 1. The maximum atomic E-state index is 12.4. The first-order valence-electron chi connectivity index (χ1n) is 21.6. The number of benzene rings is 6. The number of hydrogen-bond donors (Lipinski definition) is 1. The molecule has 0 spiro atoms. The van der Waals surface area contributed by atoms with Gasteiger partial charge in [0.05, 0.1) is 22.3 Å². The molecule has 2 heterocycles. The van der Waals surface area contributed by atoms with Gasteiger partial charge in [0.15, 0.2) is 0 Å². The maximum Gasteiger partial charge on any atom is 0.148 e. The van der Waals surface area contributed by atoms with E-state index in [0.717, 1.165) is 61.4 Å². The first-order chi connectivity index (χ1) is 28.8. The van der Waals surface area contributed by atoms with Crippen LogP contribution in [0.25, 0.3) is 72.7 Å². The van der Waals surface area contributed by atoms with Crippen LogP contribution in [0.5, 0.6) is 5.75 Å². The zero-order valence-electron chi connectivity index (χ0n) is 37.8. The molecular formula is C57H56N3OPt-. The van der Waals surface area contributed by atoms with Crippen LogP contribution >= 0.6 is 0 Å². The van der Waals surface area contributed by atoms with Gasteiger partial charge in [-0.1, -0.05) is 172 Å². The van der Waals surface area contributed by atoms with Crippen LogP contribution < -0.4 is 0 Å². The Morgan fingerprint density at radius 2 is 1.21 bits per heavy atom. The molecule has 0 atom stereocenters. The number of nitrogens with zero attached hydrogens (tertiary/aromatic N) is 3. The van der Waals surface area contributed by atoms with Crippen LogP contribution in [0, 0.1) is 6.07 Å². The summed E-state index contributed by atoms with van der Waals surface area (Å²) >= 11 is 0. The molecule has 0 aliphatic heterocycles. The standard InChI is InChI=1S/C57H56N3O.Pt/c1-54(2,3)38-27-28-49(42(30-38)35-19-13-12-14-20-35)60-50-26-18-24-40(51(50)59-53(60)44-31-39(55(4,5)6)32-46(52(44)61)56(7,8)9)36-21-17-22-37(29-36)48-33-43-41-23-15-16-25-45(41)57(10,11)47(43)34-58-48;/h12-28,30-34,61H,1-11H3;/q-1;. The minimum Gasteiger partial charge on any atom is -0.507 e. The van der Waals surface area contributed by atoms with Crippen molar-refractivity contribution in [2.75, 3.05) is 0 Å². The maximum absolute atomic E-state index is 12.4. The fourth-order valence-corrected chi connectivity index (χ4v) is 9.10. The Morgan fingerprint density at radius 1 is 0.565 bits per heavy atom. The van der Waals surface area contributed by atoms with E-state index < -0.39 is 0 Å². The zero-order valence-corrected chi connectivity index (χ0v) is 40.1. The third kappa shape index (κ3) is 7.35. The van der Waals surface area contributed by atoms with Crippen molar-refractivity contribution in [1.29, 1.82) is 0 Å². The summed E-state index contributed by atoms with van der Waals surface area (Å²) in [5.41, 5.74) is 17.1. The fraction of sp³-hybridized carbons (Fsp3) is 0.263. The molecule has 0 unspecified atom stereocenters. The summed E-state index contributed by atoms with van der Waals surface area (Å²) in [6.07, 6.45) is 2.05. The molecule has 62 heavy (non-hydrogen) atoms. The predicted octanol–water partition coefficient (Wildman–Crippen LogP) is 14.8. The third-order valence-electron chi connectivity index (χ3n) is 12.7. The molecule has 5 heteroatoms. The molecule has 0 amide bonds. The zero-order chi connectivity index (χ0) is 43.2. The Balaban J connectivity index is 0.00000529. The van der Waals surface area contributed by atoms with E-state index in [4.69, 9.17) is 9.97 Å². The summed E-state index contributed by atoms with van der Waals surface area (Å²) < 4.78 is 2.27. The van der Waals surface area contributed by atoms with Crippen LogP contribution in [-0.2, 0) is 42.7 Å². The molecule has 4 nitrogen and oxygen atoms in total. The van der Waals surface area contributed by atoms with Crippen molar-refractivity contribution in [3.8, 4) is 67.5 Å². The van der Waals surface area contributed by atoms with Crippen LogP contribution in [0.3, 0.4) is 0 Å². The number of phenols is 1. The molecule has 0 saturated carbocycles. The average molecular weight is 994 g/mol. The molecule has 316 valence electrons. The summed E-state index contributed by atoms with van der Waals surface area (Å²) in [6.45, 7) is 24.5. The van der Waals surface area contributed by atoms with Gasteiger partial charge in [0.25, 0.3) is 0 Å². The van der Waals surface area contributed by atoms with E-state index >= 15 is 0 Å². The van der Waals surface area contributed by atoms with Gasteiger partial charge in [-0.3, -0.25) is 9.55 Å². The summed E-state index contributed by atoms with van der Waals surface area (Å²) in [4.78, 5) is 10.7. The smallest absolute Gasteiger partial charge is 0.148 e. The van der Waals surface area contributed by atoms with Gasteiger partial charge < -0.3 is 5.11 Å². The molecule has 0 radical (unpaired) electrons. The fourth-order valence-electron chi connectivity index (χ4n) is 9.10. The van der Waals surface area contributed by atoms with Crippen molar-refractivity contribution in [2.45, 2.75) is 97.8 Å². The van der Waals surface area contributed by atoms with Crippen molar-refractivity contribution in [2.24, 2.45) is 0 Å². The number of aromatic hydroxyl groups is 1. The molecule has 0 fully saturated rings. The van der Waals surface area contributed by atoms with E-state index in [1.807, 2.05) is 0 Å². The molecular weight excluding hydrogens is 938 g/mol. The first kappa shape index (κ1) is 43.1. The van der Waals surface area contributed by atoms with Crippen LogP contribution in [0.15, 0.2) is 134 Å². The number of rotatable bonds is 5. The van der Waals surface area contributed by atoms with Gasteiger partial charge in [-0.25, -0.2) is 4.98 Å². The Kier molecular flexibility index (Phi) is 10.7. The van der Waals surface area contributed by atoms with Gasteiger partial charge in [0.2, 0.25) is 0 Å². The van der Waals surface area contributed by atoms with E-state index in [1.165, 1.54) is 27.8 Å². The van der Waals surface area contributed by atoms with Crippen LogP contribution in [0.1, 0.15) is 104 Å². The van der Waals surface area contributed by atoms with Gasteiger partial charge in [0, 0.05) is 49.5 Å². The Labute approximate surface area is 382 Å². The molecule has 0 saturated heterocycles. The largest absolute Gasteiger partial charge is 0.507 e. The van der Waals surface area contributed by atoms with Crippen molar-refractivity contribution in [3.63, 3.8) is 0 Å². The third-order valence-corrected chi connectivity index (χ3v) is 12.7. The average Bonchev–Trinajstić information content (AvgIpc) is 3.72. The van der Waals surface area contributed by atoms with Gasteiger partial charge in [-0.05, 0) is 79.5 Å². The molecule has 2 aromatic heterocycles. The van der Waals surface area contributed by atoms with Crippen molar-refractivity contribution in [1.82, 2.24) is 14.5 Å². The van der Waals surface area contributed by atoms with E-state index in [-0.39, 0.29) is 48.5 Å². The number of hydrogen-bond acceptors (Lipinski definition) is 3. The van der Waals surface area contributed by atoms with E-state index in [2.05, 4.69) is 220 Å². The number of phenolic OH excluding ortho intramolecular Hbond substituents is 1. The van der Waals surface area contributed by atoms with Crippen LogP contribution in [0.2, 0.25) is 0 Å². The van der Waals surface area contributed by atoms with E-state index in [0.29, 0.717) is 11.4 Å². The molecule has 1 N–H and O–H groups in total. The van der Waals surface area contributed by atoms with Crippen molar-refractivity contribution >= 4 is 11.0 Å². The molecule has 9 rings (SSSR count). The second-order valence-electron chi connectivity index (χ2n) is 20.5. The summed E-state index contributed by atoms with van der Waals surface area (Å²) in [5, 5.41) is 12.4. The topological polar surface area (TPSA) is 50.9 Å². The SMILES string of the molecule is CC(C)(C)c1ccc(-n2c(-c3cc(C(C)(C)C)cc(C(C)(C)C)c3O)nc3c(-c4[c-]c(-c5cc6c(cn5)C(C)(C)c5ccccc5-6)ccc4)cccc32)c(-c2ccccc2)c1.[Pt]. The van der Waals surface area contributed by atoms with Crippen molar-refractivity contribution < 1.29 is 26.2 Å². The first-order valence-corrected chi connectivity index (χ1v) is 21.6. The number of para-hydroxylation sites is 1. The quantitative estimate of drug-likeness (QED) is 0.175. The van der Waals surface area contributed by atoms with Gasteiger partial charge in [-0.2, -0.15) is 0 Å². The van der Waals surface area contributed by atoms with Gasteiger partial charge in [0.1, 0.15) is 11.6 Å². The molecule has 0 bridgehead atoms. The van der Waals surface area contributed by atoms with Gasteiger partial charge in [-0.15, -0.1) is 29.8 Å². The normalized spacial score (nSPS) is 13.5. The summed E-state index contributed by atoms with van der Waals surface area (Å²) in [6, 6.07) is 49.2. The number of aromatic nitrogens is 3. The van der Waals surface area contributed by atoms with Crippen LogP contribution in [0.4, 0.5) is 0 Å².